The molecule has 114 valence electrons. The first-order valence-corrected chi connectivity index (χ1v) is 8.87. The molecular weight excluding hydrogens is 318 g/mol. The number of hydrogen-bond acceptors (Lipinski definition) is 4. The molecule has 0 unspecified atom stereocenters. The number of thioether (sulfide) groups is 1. The van der Waals surface area contributed by atoms with Crippen LogP contribution in [0, 0.1) is 0 Å². The molecule has 1 aromatic heterocycles. The molecule has 0 spiro atoms. The highest BCUT2D eigenvalue weighted by Crippen LogP contribution is 2.26. The summed E-state index contributed by atoms with van der Waals surface area (Å²) in [5.41, 5.74) is 4.80. The number of furan rings is 1. The lowest BCUT2D eigenvalue weighted by Gasteiger charge is -2.14. The molecule has 1 aliphatic carbocycles. The van der Waals surface area contributed by atoms with Crippen LogP contribution in [-0.2, 0) is 0 Å². The summed E-state index contributed by atoms with van der Waals surface area (Å²) in [4.78, 5) is 4.73. The average Bonchev–Trinajstić information content (AvgIpc) is 3.17. The number of nitrogens with one attached hydrogen (secondary N) is 1. The summed E-state index contributed by atoms with van der Waals surface area (Å²) in [6.07, 6.45) is 4.99. The van der Waals surface area contributed by atoms with Gasteiger partial charge in [0.05, 0.1) is 6.04 Å². The van der Waals surface area contributed by atoms with Gasteiger partial charge in [0.2, 0.25) is 0 Å². The van der Waals surface area contributed by atoms with Crippen LogP contribution in [0.5, 0.6) is 0 Å². The van der Waals surface area contributed by atoms with E-state index >= 15 is 0 Å². The number of fused-ring (bicyclic) bond motifs is 1. The van der Waals surface area contributed by atoms with Crippen molar-refractivity contribution >= 4 is 45.2 Å². The molecule has 1 N–H and O–H groups in total. The van der Waals surface area contributed by atoms with E-state index in [-0.39, 0.29) is 0 Å². The number of hydrazone groups is 1. The van der Waals surface area contributed by atoms with E-state index in [0.717, 1.165) is 33.4 Å². The molecule has 0 saturated heterocycles. The molecule has 22 heavy (non-hydrogen) atoms. The Labute approximate surface area is 138 Å². The molecule has 1 saturated carbocycles. The Bertz CT molecular complexity index is 762. The maximum absolute atomic E-state index is 6.01. The van der Waals surface area contributed by atoms with E-state index in [1.54, 1.807) is 11.8 Å². The van der Waals surface area contributed by atoms with E-state index in [9.17, 15) is 0 Å². The summed E-state index contributed by atoms with van der Waals surface area (Å²) in [6.45, 7) is 0. The molecule has 6 heteroatoms. The second-order valence-corrected chi connectivity index (χ2v) is 7.02. The topological polar surface area (TPSA) is 49.9 Å². The number of halogens is 1. The Morgan fingerprint density at radius 3 is 2.91 bits per heavy atom. The smallest absolute Gasteiger partial charge is 0.177 e. The Kier molecular flexibility index (Phi) is 3.84. The van der Waals surface area contributed by atoms with Crippen molar-refractivity contribution in [3.8, 4) is 0 Å². The van der Waals surface area contributed by atoms with Gasteiger partial charge in [0.15, 0.2) is 10.9 Å². The van der Waals surface area contributed by atoms with Crippen LogP contribution in [0.1, 0.15) is 31.4 Å². The van der Waals surface area contributed by atoms with Gasteiger partial charge in [0, 0.05) is 16.2 Å². The Balaban J connectivity index is 1.54. The van der Waals surface area contributed by atoms with Gasteiger partial charge >= 0.3 is 0 Å². The Hall–Kier alpha value is -1.46. The van der Waals surface area contributed by atoms with Gasteiger partial charge in [-0.05, 0) is 37.1 Å². The van der Waals surface area contributed by atoms with Crippen LogP contribution in [0.2, 0.25) is 5.02 Å². The van der Waals surface area contributed by atoms with Crippen molar-refractivity contribution in [2.24, 2.45) is 10.1 Å². The molecule has 4 nitrogen and oxygen atoms in total. The van der Waals surface area contributed by atoms with Gasteiger partial charge in [-0.25, -0.2) is 0 Å². The summed E-state index contributed by atoms with van der Waals surface area (Å²) in [7, 11) is 0. The number of rotatable bonds is 2. The fraction of sp³-hybridized carbons (Fsp3) is 0.375. The third-order valence-electron chi connectivity index (χ3n) is 4.02. The van der Waals surface area contributed by atoms with Crippen molar-refractivity contribution < 1.29 is 4.42 Å². The second kappa shape index (κ2) is 5.97. The summed E-state index contributed by atoms with van der Waals surface area (Å²) in [6, 6.07) is 8.08. The lowest BCUT2D eigenvalue weighted by molar-refractivity contribution is 0.603. The SMILES string of the molecule is Clc1ccc2oc(C3=NNC(=NC4CCCC4)SC3)cc2c1. The first-order chi connectivity index (χ1) is 10.8. The second-order valence-electron chi connectivity index (χ2n) is 5.62. The molecule has 1 aromatic carbocycles. The third kappa shape index (κ3) is 2.88. The van der Waals surface area contributed by atoms with E-state index in [2.05, 4.69) is 10.5 Å². The quantitative estimate of drug-likeness (QED) is 0.884. The highest BCUT2D eigenvalue weighted by Gasteiger charge is 2.19. The van der Waals surface area contributed by atoms with Gasteiger partial charge < -0.3 is 4.42 Å². The van der Waals surface area contributed by atoms with E-state index in [1.165, 1.54) is 25.7 Å². The number of nitrogens with zero attached hydrogens (tertiary/aromatic N) is 2. The van der Waals surface area contributed by atoms with Gasteiger partial charge in [0.25, 0.3) is 0 Å². The first kappa shape index (κ1) is 14.2. The van der Waals surface area contributed by atoms with Crippen LogP contribution < -0.4 is 5.43 Å². The van der Waals surface area contributed by atoms with Crippen LogP contribution in [0.3, 0.4) is 0 Å². The zero-order chi connectivity index (χ0) is 14.9. The van der Waals surface area contributed by atoms with E-state index in [1.807, 2.05) is 24.3 Å². The maximum atomic E-state index is 6.01. The molecule has 2 aromatic rings. The largest absolute Gasteiger partial charge is 0.455 e. The van der Waals surface area contributed by atoms with Crippen LogP contribution in [0.15, 0.2) is 38.8 Å². The molecule has 0 bridgehead atoms. The molecule has 4 rings (SSSR count). The Morgan fingerprint density at radius 2 is 2.14 bits per heavy atom. The molecule has 0 amide bonds. The molecular formula is C16H16ClN3OS. The maximum Gasteiger partial charge on any atom is 0.177 e. The zero-order valence-corrected chi connectivity index (χ0v) is 13.6. The van der Waals surface area contributed by atoms with Crippen LogP contribution in [-0.4, -0.2) is 22.7 Å². The van der Waals surface area contributed by atoms with Gasteiger partial charge in [-0.1, -0.05) is 36.2 Å². The van der Waals surface area contributed by atoms with Crippen molar-refractivity contribution in [3.05, 3.63) is 35.0 Å². The molecule has 1 fully saturated rings. The molecule has 2 aliphatic rings. The lowest BCUT2D eigenvalue weighted by atomic mass is 10.2. The van der Waals surface area contributed by atoms with E-state index in [4.69, 9.17) is 21.0 Å². The molecule has 0 radical (unpaired) electrons. The predicted octanol–water partition coefficient (Wildman–Crippen LogP) is 4.43. The normalized spacial score (nSPS) is 21.3. The highest BCUT2D eigenvalue weighted by molar-refractivity contribution is 8.14. The molecule has 0 atom stereocenters. The van der Waals surface area contributed by atoms with Crippen molar-refractivity contribution in [2.45, 2.75) is 31.7 Å². The van der Waals surface area contributed by atoms with Gasteiger partial charge in [-0.3, -0.25) is 10.4 Å². The number of hydrogen-bond donors (Lipinski definition) is 1. The van der Waals surface area contributed by atoms with E-state index < -0.39 is 0 Å². The standard InChI is InChI=1S/C16H16ClN3OS/c17-11-5-6-14-10(7-11)8-15(21-14)13-9-22-16(20-19-13)18-12-3-1-2-4-12/h5-8,12H,1-4,9H2,(H,18,20). The van der Waals surface area contributed by atoms with Crippen LogP contribution in [0.4, 0.5) is 0 Å². The Morgan fingerprint density at radius 1 is 1.27 bits per heavy atom. The minimum absolute atomic E-state index is 0.472. The highest BCUT2D eigenvalue weighted by atomic mass is 35.5. The fourth-order valence-electron chi connectivity index (χ4n) is 2.86. The summed E-state index contributed by atoms with van der Waals surface area (Å²) in [5, 5.41) is 7.07. The fourth-order valence-corrected chi connectivity index (χ4v) is 3.86. The molecule has 1 aliphatic heterocycles. The number of aliphatic imine (C=N–C) groups is 1. The zero-order valence-electron chi connectivity index (χ0n) is 12.0. The lowest BCUT2D eigenvalue weighted by Crippen LogP contribution is -2.26. The summed E-state index contributed by atoms with van der Waals surface area (Å²) in [5.74, 6) is 1.56. The van der Waals surface area contributed by atoms with Gasteiger partial charge in [-0.15, -0.1) is 0 Å². The predicted molar refractivity (Wildman–Crippen MR) is 93.0 cm³/mol. The third-order valence-corrected chi connectivity index (χ3v) is 5.14. The van der Waals surface area contributed by atoms with Crippen LogP contribution >= 0.6 is 23.4 Å². The number of amidine groups is 1. The monoisotopic (exact) mass is 333 g/mol. The van der Waals surface area contributed by atoms with Gasteiger partial charge in [0.1, 0.15) is 11.3 Å². The minimum atomic E-state index is 0.472. The summed E-state index contributed by atoms with van der Waals surface area (Å²) >= 11 is 7.70. The molecule has 2 heterocycles. The van der Waals surface area contributed by atoms with Crippen molar-refractivity contribution in [2.75, 3.05) is 5.75 Å². The first-order valence-electron chi connectivity index (χ1n) is 7.50. The van der Waals surface area contributed by atoms with E-state index in [0.29, 0.717) is 11.1 Å². The van der Waals surface area contributed by atoms with Gasteiger partial charge in [-0.2, -0.15) is 5.10 Å². The summed E-state index contributed by atoms with van der Waals surface area (Å²) < 4.78 is 5.85. The van der Waals surface area contributed by atoms with Crippen molar-refractivity contribution in [1.29, 1.82) is 0 Å². The number of benzene rings is 1. The van der Waals surface area contributed by atoms with Crippen molar-refractivity contribution in [3.63, 3.8) is 0 Å². The van der Waals surface area contributed by atoms with Crippen LogP contribution in [0.25, 0.3) is 11.0 Å². The minimum Gasteiger partial charge on any atom is -0.455 e. The van der Waals surface area contributed by atoms with Crippen molar-refractivity contribution in [1.82, 2.24) is 5.43 Å². The average molecular weight is 334 g/mol.